The summed E-state index contributed by atoms with van der Waals surface area (Å²) in [6.45, 7) is 1.76. The Kier molecular flexibility index (Phi) is 3.95. The summed E-state index contributed by atoms with van der Waals surface area (Å²) < 4.78 is 26.0. The first-order valence-corrected chi connectivity index (χ1v) is 8.05. The number of hydrogen-bond acceptors (Lipinski definition) is 5. The van der Waals surface area contributed by atoms with E-state index in [1.165, 1.54) is 17.4 Å². The lowest BCUT2D eigenvalue weighted by atomic mass is 9.95. The van der Waals surface area contributed by atoms with E-state index < -0.39 is 28.0 Å². The number of aryl methyl sites for hydroxylation is 1. The van der Waals surface area contributed by atoms with Gasteiger partial charge in [0.05, 0.1) is 12.0 Å². The quantitative estimate of drug-likeness (QED) is 0.848. The van der Waals surface area contributed by atoms with Crippen LogP contribution in [0.1, 0.15) is 11.3 Å². The molecular weight excluding hydrogens is 290 g/mol. The Bertz CT molecular complexity index is 580. The molecule has 0 unspecified atom stereocenters. The number of aliphatic carboxylic acids is 1. The molecule has 0 aromatic carbocycles. The number of aliphatic hydroxyl groups is 1. The number of carbonyl (C=O) groups is 1. The molecule has 0 spiro atoms. The maximum absolute atomic E-state index is 12.3. The predicted molar refractivity (Wildman–Crippen MR) is 69.6 cm³/mol. The third-order valence-electron chi connectivity index (χ3n) is 3.17. The normalized spacial score (nSPS) is 25.4. The molecule has 0 bridgehead atoms. The van der Waals surface area contributed by atoms with Crippen molar-refractivity contribution >= 4 is 27.3 Å². The summed E-state index contributed by atoms with van der Waals surface area (Å²) >= 11 is 1.17. The number of carboxylic acid groups (broad SMARTS) is 1. The monoisotopic (exact) mass is 305 g/mol. The van der Waals surface area contributed by atoms with Crippen LogP contribution in [0, 0.1) is 12.8 Å². The molecule has 1 aromatic heterocycles. The maximum atomic E-state index is 12.3. The van der Waals surface area contributed by atoms with Crippen molar-refractivity contribution in [2.75, 3.05) is 13.1 Å². The van der Waals surface area contributed by atoms with E-state index in [1.54, 1.807) is 6.07 Å². The fraction of sp³-hybridized carbons (Fsp3) is 0.545. The van der Waals surface area contributed by atoms with E-state index in [0.29, 0.717) is 0 Å². The molecule has 1 aliphatic heterocycles. The Balaban J connectivity index is 2.18. The number of nitrogens with zero attached hydrogens (tertiary/aromatic N) is 1. The lowest BCUT2D eigenvalue weighted by Crippen LogP contribution is -2.48. The summed E-state index contributed by atoms with van der Waals surface area (Å²) in [5.41, 5.74) is 0. The van der Waals surface area contributed by atoms with Crippen molar-refractivity contribution in [2.24, 2.45) is 5.92 Å². The molecule has 1 fully saturated rings. The van der Waals surface area contributed by atoms with Crippen molar-refractivity contribution in [3.63, 3.8) is 0 Å². The van der Waals surface area contributed by atoms with E-state index in [1.807, 2.05) is 6.92 Å². The minimum absolute atomic E-state index is 0.118. The van der Waals surface area contributed by atoms with Crippen LogP contribution >= 0.6 is 11.3 Å². The summed E-state index contributed by atoms with van der Waals surface area (Å²) in [5.74, 6) is -1.98. The molecule has 6 nitrogen and oxygen atoms in total. The van der Waals surface area contributed by atoms with Gasteiger partial charge in [-0.25, -0.2) is 8.42 Å². The highest BCUT2D eigenvalue weighted by molar-refractivity contribution is 7.91. The second kappa shape index (κ2) is 5.20. The Morgan fingerprint density at radius 2 is 2.16 bits per heavy atom. The molecule has 8 heteroatoms. The SMILES string of the molecule is Cc1ccc(S(=O)(=O)N2CC[C@H](C(=O)O)[C@H](O)C2)s1. The van der Waals surface area contributed by atoms with Gasteiger partial charge in [-0.3, -0.25) is 4.79 Å². The molecule has 0 saturated carbocycles. The van der Waals surface area contributed by atoms with E-state index in [2.05, 4.69) is 0 Å². The summed E-state index contributed by atoms with van der Waals surface area (Å²) in [5, 5.41) is 18.6. The summed E-state index contributed by atoms with van der Waals surface area (Å²) in [4.78, 5) is 11.8. The van der Waals surface area contributed by atoms with Gasteiger partial charge in [0.2, 0.25) is 0 Å². The summed E-state index contributed by atoms with van der Waals surface area (Å²) in [7, 11) is -3.62. The van der Waals surface area contributed by atoms with Gasteiger partial charge in [0, 0.05) is 18.0 Å². The van der Waals surface area contributed by atoms with Gasteiger partial charge in [-0.05, 0) is 25.5 Å². The minimum atomic E-state index is -3.62. The third kappa shape index (κ3) is 2.81. The van der Waals surface area contributed by atoms with Crippen LogP contribution in [0.3, 0.4) is 0 Å². The predicted octanol–water partition coefficient (Wildman–Crippen LogP) is 0.513. The largest absolute Gasteiger partial charge is 0.481 e. The molecule has 2 rings (SSSR count). The van der Waals surface area contributed by atoms with Gasteiger partial charge in [-0.15, -0.1) is 11.3 Å². The van der Waals surface area contributed by atoms with Gasteiger partial charge >= 0.3 is 5.97 Å². The number of hydrogen-bond donors (Lipinski definition) is 2. The fourth-order valence-electron chi connectivity index (χ4n) is 2.09. The third-order valence-corrected chi connectivity index (χ3v) is 6.50. The zero-order valence-corrected chi connectivity index (χ0v) is 11.9. The Hall–Kier alpha value is -0.960. The van der Waals surface area contributed by atoms with Crippen molar-refractivity contribution in [1.82, 2.24) is 4.31 Å². The van der Waals surface area contributed by atoms with Crippen LogP contribution in [-0.4, -0.2) is 48.1 Å². The Morgan fingerprint density at radius 1 is 1.47 bits per heavy atom. The molecule has 0 radical (unpaired) electrons. The van der Waals surface area contributed by atoms with Gasteiger partial charge in [0.25, 0.3) is 10.0 Å². The zero-order chi connectivity index (χ0) is 14.2. The van der Waals surface area contributed by atoms with Crippen LogP contribution < -0.4 is 0 Å². The smallest absolute Gasteiger partial charge is 0.309 e. The lowest BCUT2D eigenvalue weighted by molar-refractivity contribution is -0.147. The van der Waals surface area contributed by atoms with Crippen molar-refractivity contribution in [2.45, 2.75) is 23.7 Å². The number of sulfonamides is 1. The van der Waals surface area contributed by atoms with Crippen LogP contribution in [0.5, 0.6) is 0 Å². The second-order valence-electron chi connectivity index (χ2n) is 4.53. The molecule has 106 valence electrons. The standard InChI is InChI=1S/C11H15NO5S2/c1-7-2-3-10(18-7)19(16,17)12-5-4-8(11(14)15)9(13)6-12/h2-3,8-9,13H,4-6H2,1H3,(H,14,15)/t8-,9+/m0/s1. The summed E-state index contributed by atoms with van der Waals surface area (Å²) in [6, 6.07) is 3.25. The van der Waals surface area contributed by atoms with Gasteiger partial charge in [0.15, 0.2) is 0 Å². The van der Waals surface area contributed by atoms with E-state index >= 15 is 0 Å². The Labute approximate surface area is 115 Å². The molecule has 1 saturated heterocycles. The molecule has 0 aliphatic carbocycles. The lowest BCUT2D eigenvalue weighted by Gasteiger charge is -2.32. The first kappa shape index (κ1) is 14.4. The van der Waals surface area contributed by atoms with Crippen molar-refractivity contribution in [1.29, 1.82) is 0 Å². The minimum Gasteiger partial charge on any atom is -0.481 e. The van der Waals surface area contributed by atoms with Gasteiger partial charge in [-0.1, -0.05) is 0 Å². The number of rotatable bonds is 3. The molecule has 2 atom stereocenters. The first-order valence-electron chi connectivity index (χ1n) is 5.80. The topological polar surface area (TPSA) is 94.9 Å². The van der Waals surface area contributed by atoms with Crippen LogP contribution in [0.15, 0.2) is 16.3 Å². The van der Waals surface area contributed by atoms with E-state index in [4.69, 9.17) is 5.11 Å². The number of piperidine rings is 1. The first-order chi connectivity index (χ1) is 8.82. The van der Waals surface area contributed by atoms with E-state index in [0.717, 1.165) is 9.18 Å². The van der Waals surface area contributed by atoms with Crippen LogP contribution in [0.4, 0.5) is 0 Å². The number of carboxylic acids is 1. The molecule has 2 heterocycles. The average molecular weight is 305 g/mol. The zero-order valence-electron chi connectivity index (χ0n) is 10.3. The van der Waals surface area contributed by atoms with Gasteiger partial charge in [-0.2, -0.15) is 4.31 Å². The molecule has 19 heavy (non-hydrogen) atoms. The average Bonchev–Trinajstić information content (AvgIpc) is 2.76. The van der Waals surface area contributed by atoms with Crippen LogP contribution in [0.25, 0.3) is 0 Å². The van der Waals surface area contributed by atoms with E-state index in [9.17, 15) is 18.3 Å². The molecule has 1 aromatic rings. The molecule has 2 N–H and O–H groups in total. The highest BCUT2D eigenvalue weighted by atomic mass is 32.2. The van der Waals surface area contributed by atoms with Crippen molar-refractivity contribution in [3.05, 3.63) is 17.0 Å². The fourth-order valence-corrected chi connectivity index (χ4v) is 5.00. The highest BCUT2D eigenvalue weighted by Gasteiger charge is 2.38. The number of aliphatic hydroxyl groups excluding tert-OH is 1. The summed E-state index contributed by atoms with van der Waals surface area (Å²) in [6.07, 6.45) is -1.04. The van der Waals surface area contributed by atoms with Crippen molar-refractivity contribution in [3.8, 4) is 0 Å². The van der Waals surface area contributed by atoms with E-state index in [-0.39, 0.29) is 23.7 Å². The second-order valence-corrected chi connectivity index (χ2v) is 7.98. The number of β-amino-alcohol motifs (C(OH)–C–C–N with tert-alkyl or cyclic N) is 1. The number of thiophene rings is 1. The van der Waals surface area contributed by atoms with Crippen molar-refractivity contribution < 1.29 is 23.4 Å². The highest BCUT2D eigenvalue weighted by Crippen LogP contribution is 2.28. The Morgan fingerprint density at radius 3 is 2.63 bits per heavy atom. The van der Waals surface area contributed by atoms with Gasteiger partial charge in [0.1, 0.15) is 4.21 Å². The molecule has 1 aliphatic rings. The van der Waals surface area contributed by atoms with Gasteiger partial charge < -0.3 is 10.2 Å². The van der Waals surface area contributed by atoms with Crippen LogP contribution in [-0.2, 0) is 14.8 Å². The molecule has 0 amide bonds. The molecular formula is C11H15NO5S2. The van der Waals surface area contributed by atoms with Crippen LogP contribution in [0.2, 0.25) is 0 Å². The maximum Gasteiger partial charge on any atom is 0.309 e.